The number of nitrogens with one attached hydrogen (secondary N) is 2. The number of hydrogen-bond donors (Lipinski definition) is 6. The zero-order valence-electron chi connectivity index (χ0n) is 30.7. The molecule has 3 amide bonds. The van der Waals surface area contributed by atoms with Gasteiger partial charge in [0.2, 0.25) is 0 Å². The van der Waals surface area contributed by atoms with E-state index in [4.69, 9.17) is 37.1 Å². The van der Waals surface area contributed by atoms with Crippen molar-refractivity contribution in [2.75, 3.05) is 39.4 Å². The lowest BCUT2D eigenvalue weighted by molar-refractivity contribution is -0.166. The number of carbonyl (C=O) groups excluding carboxylic acids is 6. The minimum atomic E-state index is -1.95. The number of esters is 1. The maximum Gasteiger partial charge on any atom is 0.508 e. The molecule has 1 aliphatic carbocycles. The third-order valence-corrected chi connectivity index (χ3v) is 8.99. The fourth-order valence-corrected chi connectivity index (χ4v) is 6.29. The molecule has 19 heteroatoms. The lowest BCUT2D eigenvalue weighted by Gasteiger charge is -2.47. The predicted octanol–water partition coefficient (Wildman–Crippen LogP) is 0.853. The number of aliphatic imine (C=N–C) groups is 2. The fourth-order valence-electron chi connectivity index (χ4n) is 6.29. The number of nitrogens with zero attached hydrogens (tertiary/aromatic N) is 4. The first-order chi connectivity index (χ1) is 26.3. The van der Waals surface area contributed by atoms with Crippen molar-refractivity contribution in [2.45, 2.75) is 63.5 Å². The summed E-state index contributed by atoms with van der Waals surface area (Å²) in [6.07, 6.45) is 3.54. The summed E-state index contributed by atoms with van der Waals surface area (Å²) in [5, 5.41) is 4.02. The molecule has 0 radical (unpaired) electrons. The highest BCUT2D eigenvalue weighted by Crippen LogP contribution is 2.29. The van der Waals surface area contributed by atoms with Gasteiger partial charge in [-0.15, -0.1) is 0 Å². The molecule has 1 atom stereocenters. The smallest absolute Gasteiger partial charge is 0.461 e. The lowest BCUT2D eigenvalue weighted by Crippen LogP contribution is -2.73. The van der Waals surface area contributed by atoms with Crippen molar-refractivity contribution in [3.8, 4) is 0 Å². The Morgan fingerprint density at radius 1 is 0.800 bits per heavy atom. The average molecular weight is 765 g/mol. The summed E-state index contributed by atoms with van der Waals surface area (Å²) >= 11 is 0. The minimum Gasteiger partial charge on any atom is -0.461 e. The van der Waals surface area contributed by atoms with Crippen LogP contribution in [0.15, 0.2) is 58.5 Å². The van der Waals surface area contributed by atoms with Gasteiger partial charge in [-0.3, -0.25) is 29.4 Å². The van der Waals surface area contributed by atoms with Crippen molar-refractivity contribution in [1.82, 2.24) is 20.7 Å². The van der Waals surface area contributed by atoms with E-state index in [-0.39, 0.29) is 69.3 Å². The second-order valence-corrected chi connectivity index (χ2v) is 13.0. The minimum absolute atomic E-state index is 0.0406. The van der Waals surface area contributed by atoms with E-state index < -0.39 is 47.7 Å². The molecule has 2 aliphatic rings. The zero-order valence-corrected chi connectivity index (χ0v) is 30.7. The number of ether oxygens (including phenoxy) is 3. The van der Waals surface area contributed by atoms with Crippen molar-refractivity contribution in [2.24, 2.45) is 32.9 Å². The normalized spacial score (nSPS) is 17.3. The topological polar surface area (TPSA) is 289 Å². The first kappa shape index (κ1) is 41.5. The zero-order chi connectivity index (χ0) is 40.0. The number of guanidine groups is 2. The van der Waals surface area contributed by atoms with Gasteiger partial charge in [-0.25, -0.2) is 14.8 Å². The highest BCUT2D eigenvalue weighted by molar-refractivity contribution is 6.11. The summed E-state index contributed by atoms with van der Waals surface area (Å²) in [5.41, 5.74) is 23.8. The van der Waals surface area contributed by atoms with Crippen molar-refractivity contribution in [3.05, 3.63) is 59.7 Å². The summed E-state index contributed by atoms with van der Waals surface area (Å²) in [4.78, 5) is 87.9. The van der Waals surface area contributed by atoms with E-state index in [1.807, 2.05) is 0 Å². The van der Waals surface area contributed by atoms with Crippen molar-refractivity contribution >= 4 is 58.9 Å². The number of carbonyl (C=O) groups is 6. The van der Waals surface area contributed by atoms with Crippen molar-refractivity contribution < 1.29 is 43.0 Å². The number of amides is 3. The number of Topliss-reactive ketones (excluding diaryl/α,β-unsaturated/α-hetero) is 1. The van der Waals surface area contributed by atoms with Crippen LogP contribution in [0.5, 0.6) is 0 Å². The number of ketones is 1. The molecule has 0 aromatic heterocycles. The van der Waals surface area contributed by atoms with E-state index in [0.29, 0.717) is 16.9 Å². The molecular weight excluding hydrogens is 716 g/mol. The van der Waals surface area contributed by atoms with Crippen molar-refractivity contribution in [1.29, 1.82) is 0 Å². The monoisotopic (exact) mass is 764 g/mol. The molecule has 4 rings (SSSR count). The van der Waals surface area contributed by atoms with Gasteiger partial charge in [-0.05, 0) is 94.0 Å². The van der Waals surface area contributed by atoms with Crippen LogP contribution in [0.4, 0.5) is 16.2 Å². The maximum atomic E-state index is 14.2. The Morgan fingerprint density at radius 3 is 1.93 bits per heavy atom. The summed E-state index contributed by atoms with van der Waals surface area (Å²) < 4.78 is 15.5. The van der Waals surface area contributed by atoms with Gasteiger partial charge >= 0.3 is 12.1 Å². The average Bonchev–Trinajstić information content (AvgIpc) is 3.14. The van der Waals surface area contributed by atoms with Crippen LogP contribution < -0.4 is 33.7 Å². The van der Waals surface area contributed by atoms with Crippen LogP contribution in [0, 0.1) is 0 Å². The summed E-state index contributed by atoms with van der Waals surface area (Å²) in [7, 11) is 0. The van der Waals surface area contributed by atoms with Crippen LogP contribution in [-0.4, -0.2) is 108 Å². The van der Waals surface area contributed by atoms with Gasteiger partial charge in [0.15, 0.2) is 23.2 Å². The Kier molecular flexibility index (Phi) is 14.9. The van der Waals surface area contributed by atoms with Gasteiger partial charge in [0.25, 0.3) is 17.7 Å². The molecule has 1 saturated heterocycles. The van der Waals surface area contributed by atoms with Crippen molar-refractivity contribution in [3.63, 3.8) is 0 Å². The SMILES string of the molecule is CC(=O)[C@@]1(CCCNC(=O)c2ccc(N=C(N)N)cc2)C(=O)N(CC(=O)OCCOC(=O)OC2CCCCC2)CCN1NC(=O)c1ccc(N=C(N)N)cc1. The summed E-state index contributed by atoms with van der Waals surface area (Å²) in [6.45, 7) is 0.131. The van der Waals surface area contributed by atoms with E-state index in [1.54, 1.807) is 12.1 Å². The van der Waals surface area contributed by atoms with Crippen LogP contribution in [0.3, 0.4) is 0 Å². The molecular formula is C36H48N10O9. The van der Waals surface area contributed by atoms with E-state index in [2.05, 4.69) is 20.7 Å². The Balaban J connectivity index is 1.42. The van der Waals surface area contributed by atoms with Crippen LogP contribution in [0.2, 0.25) is 0 Å². The third kappa shape index (κ3) is 11.9. The van der Waals surface area contributed by atoms with Gasteiger partial charge in [0.1, 0.15) is 25.9 Å². The molecule has 1 aliphatic heterocycles. The Labute approximate surface area is 317 Å². The number of benzene rings is 2. The predicted molar refractivity (Wildman–Crippen MR) is 200 cm³/mol. The molecule has 0 spiro atoms. The van der Waals surface area contributed by atoms with Gasteiger partial charge < -0.3 is 47.4 Å². The quantitative estimate of drug-likeness (QED) is 0.0454. The maximum absolute atomic E-state index is 14.2. The van der Waals surface area contributed by atoms with E-state index in [9.17, 15) is 28.8 Å². The van der Waals surface area contributed by atoms with E-state index >= 15 is 0 Å². The number of piperazine rings is 1. The standard InChI is InChI=1S/C36H48N10O9/c1-23(47)36(16-5-17-41-30(49)24-8-12-26(13-9-24)42-33(37)38)32(51)45(22-29(48)53-20-21-54-35(52)55-28-6-3-2-4-7-28)18-19-46(36)44-31(50)25-10-14-27(15-11-25)43-34(39)40/h8-15,28H,2-7,16-22H2,1H3,(H,41,49)(H,44,50)(H4,37,38,42)(H4,39,40,43)/t36-/m0/s1. The highest BCUT2D eigenvalue weighted by Gasteiger charge is 2.54. The largest absolute Gasteiger partial charge is 0.508 e. The molecule has 2 aromatic rings. The molecule has 0 unspecified atom stereocenters. The van der Waals surface area contributed by atoms with Gasteiger partial charge in [-0.1, -0.05) is 6.42 Å². The van der Waals surface area contributed by atoms with Crippen LogP contribution in [0.25, 0.3) is 0 Å². The molecule has 1 saturated carbocycles. The second kappa shape index (κ2) is 19.7. The number of rotatable bonds is 16. The Morgan fingerprint density at radius 2 is 1.36 bits per heavy atom. The first-order valence-electron chi connectivity index (χ1n) is 17.8. The first-order valence-corrected chi connectivity index (χ1v) is 17.8. The van der Waals surface area contributed by atoms with E-state index in [1.165, 1.54) is 53.2 Å². The summed E-state index contributed by atoms with van der Waals surface area (Å²) in [5.74, 6) is -3.50. The van der Waals surface area contributed by atoms with Crippen LogP contribution >= 0.6 is 0 Å². The molecule has 10 N–H and O–H groups in total. The molecule has 2 fully saturated rings. The van der Waals surface area contributed by atoms with Gasteiger partial charge in [0.05, 0.1) is 11.4 Å². The molecule has 55 heavy (non-hydrogen) atoms. The Bertz CT molecular complexity index is 1750. The molecule has 2 aromatic carbocycles. The molecule has 1 heterocycles. The summed E-state index contributed by atoms with van der Waals surface area (Å²) in [6, 6.07) is 12.2. The van der Waals surface area contributed by atoms with Gasteiger partial charge in [-0.2, -0.15) is 5.01 Å². The number of hydrogen-bond acceptors (Lipinski definition) is 12. The number of nitrogens with two attached hydrogens (primary N) is 4. The fraction of sp³-hybridized carbons (Fsp3) is 0.444. The lowest BCUT2D eigenvalue weighted by atomic mass is 9.84. The van der Waals surface area contributed by atoms with Gasteiger partial charge in [0, 0.05) is 30.8 Å². The highest BCUT2D eigenvalue weighted by atomic mass is 16.7. The third-order valence-electron chi connectivity index (χ3n) is 8.99. The second-order valence-electron chi connectivity index (χ2n) is 13.0. The molecule has 296 valence electrons. The Hall–Kier alpha value is -6.24. The van der Waals surface area contributed by atoms with Crippen LogP contribution in [0.1, 0.15) is 72.6 Å². The van der Waals surface area contributed by atoms with Crippen LogP contribution in [-0.2, 0) is 28.6 Å². The molecule has 19 nitrogen and oxygen atoms in total. The van der Waals surface area contributed by atoms with E-state index in [0.717, 1.165) is 32.1 Å². The molecule has 0 bridgehead atoms. The number of hydrazine groups is 1.